The Labute approximate surface area is 215 Å². The average Bonchev–Trinajstić information content (AvgIpc) is 3.26. The predicted octanol–water partition coefficient (Wildman–Crippen LogP) is 4.56. The summed E-state index contributed by atoms with van der Waals surface area (Å²) in [5, 5.41) is 0.726. The summed E-state index contributed by atoms with van der Waals surface area (Å²) in [4.78, 5) is 22.0. The number of rotatable bonds is 5. The van der Waals surface area contributed by atoms with Crippen LogP contribution < -0.4 is 9.08 Å². The quantitative estimate of drug-likeness (QED) is 0.361. The summed E-state index contributed by atoms with van der Waals surface area (Å²) in [6, 6.07) is 22.9. The number of amides is 1. The van der Waals surface area contributed by atoms with E-state index in [1.165, 1.54) is 35.1 Å². The van der Waals surface area contributed by atoms with Crippen LogP contribution in [0.1, 0.15) is 11.1 Å². The number of carbonyl (C=O) groups is 1. The van der Waals surface area contributed by atoms with Gasteiger partial charge in [0.2, 0.25) is 0 Å². The van der Waals surface area contributed by atoms with Crippen LogP contribution in [0.3, 0.4) is 0 Å². The van der Waals surface area contributed by atoms with Gasteiger partial charge in [-0.05, 0) is 66.2 Å². The normalized spacial score (nSPS) is 17.4. The van der Waals surface area contributed by atoms with Gasteiger partial charge in [0.1, 0.15) is 10.6 Å². The summed E-state index contributed by atoms with van der Waals surface area (Å²) in [6.45, 7) is 5.44. The van der Waals surface area contributed by atoms with Crippen molar-refractivity contribution in [1.82, 2.24) is 4.90 Å². The Kier molecular flexibility index (Phi) is 6.84. The minimum absolute atomic E-state index is 0.0913. The van der Waals surface area contributed by atoms with E-state index in [-0.39, 0.29) is 16.6 Å². The molecule has 0 bridgehead atoms. The zero-order valence-corrected chi connectivity index (χ0v) is 21.3. The lowest BCUT2D eigenvalue weighted by Crippen LogP contribution is -2.48. The molecule has 2 heterocycles. The Hall–Kier alpha value is -3.56. The number of benzene rings is 3. The molecule has 9 heteroatoms. The van der Waals surface area contributed by atoms with Crippen molar-refractivity contribution in [2.45, 2.75) is 11.8 Å². The zero-order valence-electron chi connectivity index (χ0n) is 19.7. The van der Waals surface area contributed by atoms with Gasteiger partial charge < -0.3 is 14.0 Å². The summed E-state index contributed by atoms with van der Waals surface area (Å²) in [6.07, 6.45) is 1.77. The molecule has 0 unspecified atom stereocenters. The highest BCUT2D eigenvalue weighted by Crippen LogP contribution is 2.32. The monoisotopic (exact) mass is 519 g/mol. The molecule has 0 atom stereocenters. The van der Waals surface area contributed by atoms with E-state index in [1.54, 1.807) is 48.5 Å². The van der Waals surface area contributed by atoms with E-state index in [9.17, 15) is 13.2 Å². The SMILES string of the molecule is Cc1ccccc1N1CCN(C2=NC(=O)/C(=C/c3ccc(OS(=O)(=O)c4ccccc4)cc3)S2)CC1. The number of para-hydroxylation sites is 1. The summed E-state index contributed by atoms with van der Waals surface area (Å²) < 4.78 is 30.0. The number of carbonyl (C=O) groups excluding carboxylic acids is 1. The molecule has 2 aliphatic heterocycles. The van der Waals surface area contributed by atoms with Crippen molar-refractivity contribution in [3.63, 3.8) is 0 Å². The molecule has 0 N–H and O–H groups in total. The molecule has 1 fully saturated rings. The summed E-state index contributed by atoms with van der Waals surface area (Å²) in [5.74, 6) is -0.0572. The highest BCUT2D eigenvalue weighted by atomic mass is 32.2. The van der Waals surface area contributed by atoms with Crippen LogP contribution in [0.25, 0.3) is 6.08 Å². The molecule has 36 heavy (non-hydrogen) atoms. The number of aliphatic imine (C=N–C) groups is 1. The van der Waals surface area contributed by atoms with Crippen LogP contribution in [0.2, 0.25) is 0 Å². The number of hydrogen-bond donors (Lipinski definition) is 0. The first-order valence-electron chi connectivity index (χ1n) is 11.6. The van der Waals surface area contributed by atoms with Crippen molar-refractivity contribution >= 4 is 44.7 Å². The smallest absolute Gasteiger partial charge is 0.339 e. The highest BCUT2D eigenvalue weighted by molar-refractivity contribution is 8.18. The number of anilines is 1. The first-order valence-corrected chi connectivity index (χ1v) is 13.8. The Morgan fingerprint density at radius 3 is 2.19 bits per heavy atom. The molecule has 3 aromatic rings. The Morgan fingerprint density at radius 2 is 1.50 bits per heavy atom. The Morgan fingerprint density at radius 1 is 0.861 bits per heavy atom. The van der Waals surface area contributed by atoms with Crippen LogP contribution in [0.5, 0.6) is 5.75 Å². The maximum Gasteiger partial charge on any atom is 0.339 e. The molecule has 7 nitrogen and oxygen atoms in total. The molecule has 5 rings (SSSR count). The fraction of sp³-hybridized carbons (Fsp3) is 0.185. The van der Waals surface area contributed by atoms with E-state index >= 15 is 0 Å². The van der Waals surface area contributed by atoms with Crippen molar-refractivity contribution in [2.75, 3.05) is 31.1 Å². The standard InChI is InChI=1S/C27H25N3O4S2/c1-20-7-5-6-10-24(20)29-15-17-30(18-16-29)27-28-26(31)25(35-27)19-21-11-13-22(14-12-21)34-36(32,33)23-8-3-2-4-9-23/h2-14,19H,15-18H2,1H3/b25-19-. The van der Waals surface area contributed by atoms with E-state index in [0.717, 1.165) is 36.9 Å². The average molecular weight is 520 g/mol. The molecule has 0 aliphatic carbocycles. The van der Waals surface area contributed by atoms with Crippen LogP contribution in [0.4, 0.5) is 5.69 Å². The van der Waals surface area contributed by atoms with Crippen molar-refractivity contribution in [1.29, 1.82) is 0 Å². The molecule has 0 spiro atoms. The van der Waals surface area contributed by atoms with Crippen molar-refractivity contribution in [3.05, 3.63) is 94.9 Å². The van der Waals surface area contributed by atoms with Gasteiger partial charge in [-0.1, -0.05) is 48.5 Å². The van der Waals surface area contributed by atoms with Gasteiger partial charge in [0, 0.05) is 31.9 Å². The first kappa shape index (κ1) is 24.1. The third kappa shape index (κ3) is 5.32. The lowest BCUT2D eigenvalue weighted by atomic mass is 10.1. The van der Waals surface area contributed by atoms with Gasteiger partial charge in [0.25, 0.3) is 5.91 Å². The van der Waals surface area contributed by atoms with Gasteiger partial charge in [-0.2, -0.15) is 13.4 Å². The third-order valence-electron chi connectivity index (χ3n) is 6.03. The molecule has 184 valence electrons. The van der Waals surface area contributed by atoms with E-state index in [4.69, 9.17) is 4.18 Å². The number of aryl methyl sites for hydroxylation is 1. The lowest BCUT2D eigenvalue weighted by molar-refractivity contribution is -0.113. The predicted molar refractivity (Wildman–Crippen MR) is 144 cm³/mol. The Balaban J connectivity index is 1.20. The number of hydrogen-bond acceptors (Lipinski definition) is 7. The first-order chi connectivity index (χ1) is 17.4. The zero-order chi connectivity index (χ0) is 25.1. The molecular weight excluding hydrogens is 494 g/mol. The minimum atomic E-state index is -3.90. The largest absolute Gasteiger partial charge is 0.379 e. The van der Waals surface area contributed by atoms with Crippen molar-refractivity contribution in [3.8, 4) is 5.75 Å². The van der Waals surface area contributed by atoms with E-state index < -0.39 is 10.1 Å². The van der Waals surface area contributed by atoms with Crippen molar-refractivity contribution in [2.24, 2.45) is 4.99 Å². The molecule has 1 amide bonds. The lowest BCUT2D eigenvalue weighted by Gasteiger charge is -2.37. The van der Waals surface area contributed by atoms with Gasteiger partial charge in [0.05, 0.1) is 4.91 Å². The minimum Gasteiger partial charge on any atom is -0.379 e. The fourth-order valence-electron chi connectivity index (χ4n) is 4.12. The van der Waals surface area contributed by atoms with E-state index in [0.29, 0.717) is 4.91 Å². The summed E-state index contributed by atoms with van der Waals surface area (Å²) >= 11 is 1.37. The summed E-state index contributed by atoms with van der Waals surface area (Å²) in [7, 11) is -3.90. The molecule has 0 aromatic heterocycles. The second kappa shape index (κ2) is 10.2. The second-order valence-electron chi connectivity index (χ2n) is 8.49. The van der Waals surface area contributed by atoms with Crippen molar-refractivity contribution < 1.29 is 17.4 Å². The molecule has 3 aromatic carbocycles. The van der Waals surface area contributed by atoms with Gasteiger partial charge in [-0.3, -0.25) is 4.79 Å². The molecule has 0 radical (unpaired) electrons. The molecule has 0 saturated carbocycles. The van der Waals surface area contributed by atoms with Crippen LogP contribution in [-0.2, 0) is 14.9 Å². The van der Waals surface area contributed by atoms with Gasteiger partial charge in [-0.15, -0.1) is 0 Å². The maximum absolute atomic E-state index is 12.6. The molecule has 1 saturated heterocycles. The maximum atomic E-state index is 12.6. The van der Waals surface area contributed by atoms with Crippen LogP contribution in [0.15, 0.2) is 93.7 Å². The number of thioether (sulfide) groups is 1. The van der Waals surface area contributed by atoms with Gasteiger partial charge in [0.15, 0.2) is 5.17 Å². The van der Waals surface area contributed by atoms with Crippen LogP contribution >= 0.6 is 11.8 Å². The number of nitrogens with zero attached hydrogens (tertiary/aromatic N) is 3. The number of amidine groups is 1. The fourth-order valence-corrected chi connectivity index (χ4v) is 6.04. The topological polar surface area (TPSA) is 79.3 Å². The summed E-state index contributed by atoms with van der Waals surface area (Å²) in [5.41, 5.74) is 3.27. The van der Waals surface area contributed by atoms with E-state index in [2.05, 4.69) is 39.9 Å². The molecule has 2 aliphatic rings. The second-order valence-corrected chi connectivity index (χ2v) is 11.0. The van der Waals surface area contributed by atoms with Gasteiger partial charge >= 0.3 is 10.1 Å². The van der Waals surface area contributed by atoms with Crippen LogP contribution in [-0.4, -0.2) is 50.6 Å². The van der Waals surface area contributed by atoms with Crippen LogP contribution in [0, 0.1) is 6.92 Å². The van der Waals surface area contributed by atoms with E-state index in [1.807, 2.05) is 6.07 Å². The molecular formula is C27H25N3O4S2. The third-order valence-corrected chi connectivity index (χ3v) is 8.34. The Bertz CT molecular complexity index is 1430. The highest BCUT2D eigenvalue weighted by Gasteiger charge is 2.28. The number of piperazine rings is 1. The van der Waals surface area contributed by atoms with Gasteiger partial charge in [-0.25, -0.2) is 0 Å².